The van der Waals surface area contributed by atoms with E-state index in [1.807, 2.05) is 6.92 Å². The highest BCUT2D eigenvalue weighted by Crippen LogP contribution is 2.30. The van der Waals surface area contributed by atoms with E-state index in [4.69, 9.17) is 0 Å². The van der Waals surface area contributed by atoms with Crippen LogP contribution in [0.4, 0.5) is 20.2 Å². The maximum absolute atomic E-state index is 13.9. The van der Waals surface area contributed by atoms with Crippen molar-refractivity contribution in [3.63, 3.8) is 0 Å². The minimum atomic E-state index is -1.26. The number of piperidine rings is 1. The normalized spacial score (nSPS) is 18.9. The summed E-state index contributed by atoms with van der Waals surface area (Å²) in [5.41, 5.74) is -1.10. The van der Waals surface area contributed by atoms with Crippen molar-refractivity contribution < 1.29 is 18.5 Å². The van der Waals surface area contributed by atoms with E-state index in [0.717, 1.165) is 11.0 Å². The molecule has 2 rings (SSSR count). The van der Waals surface area contributed by atoms with Gasteiger partial charge in [-0.2, -0.15) is 4.39 Å². The first-order valence-electron chi connectivity index (χ1n) is 6.64. The molecule has 1 heterocycles. The molecule has 1 N–H and O–H groups in total. The first kappa shape index (κ1) is 15.3. The number of nitro benzene ring substituents is 1. The van der Waals surface area contributed by atoms with Gasteiger partial charge in [0.2, 0.25) is 11.7 Å². The van der Waals surface area contributed by atoms with Crippen LogP contribution in [-0.4, -0.2) is 30.0 Å². The van der Waals surface area contributed by atoms with E-state index < -0.39 is 28.3 Å². The zero-order valence-electron chi connectivity index (χ0n) is 11.4. The van der Waals surface area contributed by atoms with Gasteiger partial charge in [0, 0.05) is 18.7 Å². The number of hydrogen-bond donors (Lipinski definition) is 1. The number of anilines is 1. The Morgan fingerprint density at radius 2 is 2.14 bits per heavy atom. The maximum Gasteiger partial charge on any atom is 0.307 e. The Labute approximate surface area is 119 Å². The number of rotatable bonds is 4. The van der Waals surface area contributed by atoms with Gasteiger partial charge in [-0.25, -0.2) is 4.39 Å². The van der Waals surface area contributed by atoms with Gasteiger partial charge in [-0.15, -0.1) is 0 Å². The molecule has 8 heteroatoms. The lowest BCUT2D eigenvalue weighted by atomic mass is 10.0. The van der Waals surface area contributed by atoms with Crippen LogP contribution in [0.25, 0.3) is 0 Å². The molecule has 1 aliphatic heterocycles. The zero-order valence-corrected chi connectivity index (χ0v) is 11.4. The van der Waals surface area contributed by atoms with E-state index in [1.165, 1.54) is 0 Å². The van der Waals surface area contributed by atoms with Gasteiger partial charge in [-0.1, -0.05) is 6.92 Å². The summed E-state index contributed by atoms with van der Waals surface area (Å²) < 4.78 is 27.2. The third kappa shape index (κ3) is 2.99. The van der Waals surface area contributed by atoms with Gasteiger partial charge in [-0.05, 0) is 19.4 Å². The number of carbonyl (C=O) groups is 1. The third-order valence-electron chi connectivity index (χ3n) is 3.39. The van der Waals surface area contributed by atoms with Crippen molar-refractivity contribution in [2.45, 2.75) is 25.8 Å². The number of nitrogens with zero attached hydrogens (tertiary/aromatic N) is 2. The molecule has 0 saturated carbocycles. The summed E-state index contributed by atoms with van der Waals surface area (Å²) in [5, 5.41) is 13.7. The number of nitro groups is 1. The first-order valence-corrected chi connectivity index (χ1v) is 6.64. The number of likely N-dealkylation sites (N-methyl/N-ethyl adjacent to an activating group) is 1. The van der Waals surface area contributed by atoms with E-state index >= 15 is 0 Å². The Hall–Kier alpha value is -2.09. The molecule has 1 atom stereocenters. The number of carbonyl (C=O) groups excluding carboxylic acids is 1. The molecule has 1 aromatic carbocycles. The minimum absolute atomic E-state index is 0.250. The number of amides is 1. The highest BCUT2D eigenvalue weighted by Gasteiger charge is 2.32. The van der Waals surface area contributed by atoms with Crippen molar-refractivity contribution in [1.29, 1.82) is 0 Å². The predicted molar refractivity (Wildman–Crippen MR) is 72.1 cm³/mol. The lowest BCUT2D eigenvalue weighted by molar-refractivity contribution is -0.387. The summed E-state index contributed by atoms with van der Waals surface area (Å²) in [5.74, 6) is -2.60. The molecule has 1 fully saturated rings. The molecule has 1 amide bonds. The van der Waals surface area contributed by atoms with E-state index in [-0.39, 0.29) is 18.1 Å². The van der Waals surface area contributed by atoms with Crippen molar-refractivity contribution in [1.82, 2.24) is 5.32 Å². The van der Waals surface area contributed by atoms with Crippen molar-refractivity contribution in [2.24, 2.45) is 0 Å². The van der Waals surface area contributed by atoms with E-state index in [0.29, 0.717) is 25.5 Å². The molecule has 0 aliphatic carbocycles. The molecule has 0 spiro atoms. The average Bonchev–Trinajstić information content (AvgIpc) is 2.42. The van der Waals surface area contributed by atoms with Gasteiger partial charge in [-0.3, -0.25) is 14.9 Å². The number of nitrogens with one attached hydrogen (secondary N) is 1. The molecule has 0 aromatic heterocycles. The minimum Gasteiger partial charge on any atom is -0.308 e. The van der Waals surface area contributed by atoms with Crippen LogP contribution in [0.2, 0.25) is 0 Å². The largest absolute Gasteiger partial charge is 0.308 e. The fourth-order valence-corrected chi connectivity index (χ4v) is 2.42. The second kappa shape index (κ2) is 6.13. The monoisotopic (exact) mass is 299 g/mol. The van der Waals surface area contributed by atoms with Crippen LogP contribution in [0.15, 0.2) is 12.1 Å². The molecular formula is C13H15F2N3O3. The summed E-state index contributed by atoms with van der Waals surface area (Å²) in [6.45, 7) is 2.67. The van der Waals surface area contributed by atoms with Crippen LogP contribution in [0.1, 0.15) is 19.8 Å². The summed E-state index contributed by atoms with van der Waals surface area (Å²) in [4.78, 5) is 23.2. The third-order valence-corrected chi connectivity index (χ3v) is 3.39. The Bertz CT molecular complexity index is 578. The second-order valence-electron chi connectivity index (χ2n) is 4.75. The quantitative estimate of drug-likeness (QED) is 0.681. The highest BCUT2D eigenvalue weighted by atomic mass is 19.1. The molecule has 1 aromatic rings. The Kier molecular flexibility index (Phi) is 4.46. The van der Waals surface area contributed by atoms with E-state index in [2.05, 4.69) is 5.32 Å². The highest BCUT2D eigenvalue weighted by molar-refractivity contribution is 5.98. The Morgan fingerprint density at radius 3 is 2.76 bits per heavy atom. The van der Waals surface area contributed by atoms with Crippen LogP contribution in [0.5, 0.6) is 0 Å². The molecule has 1 aliphatic rings. The van der Waals surface area contributed by atoms with Gasteiger partial charge in [0.1, 0.15) is 5.82 Å². The topological polar surface area (TPSA) is 75.5 Å². The molecule has 0 bridgehead atoms. The number of halogens is 2. The molecule has 114 valence electrons. The first-order chi connectivity index (χ1) is 9.95. The predicted octanol–water partition coefficient (Wildman–Crippen LogP) is 1.98. The maximum atomic E-state index is 13.9. The fourth-order valence-electron chi connectivity index (χ4n) is 2.42. The summed E-state index contributed by atoms with van der Waals surface area (Å²) in [7, 11) is 0. The van der Waals surface area contributed by atoms with Crippen molar-refractivity contribution in [2.75, 3.05) is 18.0 Å². The van der Waals surface area contributed by atoms with Gasteiger partial charge in [0.05, 0.1) is 16.7 Å². The van der Waals surface area contributed by atoms with Crippen LogP contribution in [0, 0.1) is 21.7 Å². The van der Waals surface area contributed by atoms with Crippen LogP contribution < -0.4 is 10.2 Å². The summed E-state index contributed by atoms with van der Waals surface area (Å²) in [6, 6.07) is 0.765. The van der Waals surface area contributed by atoms with Crippen LogP contribution in [0.3, 0.4) is 0 Å². The van der Waals surface area contributed by atoms with E-state index in [9.17, 15) is 23.7 Å². The SMILES string of the molecule is CCNC1CCCN(c2cc([N+](=O)[O-])c(F)cc2F)C1=O. The average molecular weight is 299 g/mol. The lowest BCUT2D eigenvalue weighted by Gasteiger charge is -2.32. The Balaban J connectivity index is 2.38. The standard InChI is InChI=1S/C13H15F2N3O3/c1-2-16-10-4-3-5-17(13(10)19)11-7-12(18(20)21)9(15)6-8(11)14/h6-7,10,16H,2-5H2,1H3. The number of benzene rings is 1. The van der Waals surface area contributed by atoms with Gasteiger partial charge < -0.3 is 10.2 Å². The molecule has 1 unspecified atom stereocenters. The van der Waals surface area contributed by atoms with Crippen molar-refractivity contribution in [3.05, 3.63) is 33.9 Å². The Morgan fingerprint density at radius 1 is 1.43 bits per heavy atom. The molecule has 1 saturated heterocycles. The molecule has 0 radical (unpaired) electrons. The smallest absolute Gasteiger partial charge is 0.307 e. The van der Waals surface area contributed by atoms with Crippen LogP contribution >= 0.6 is 0 Å². The fraction of sp³-hybridized carbons (Fsp3) is 0.462. The van der Waals surface area contributed by atoms with Crippen molar-refractivity contribution in [3.8, 4) is 0 Å². The van der Waals surface area contributed by atoms with E-state index in [1.54, 1.807) is 0 Å². The molecular weight excluding hydrogens is 284 g/mol. The number of hydrogen-bond acceptors (Lipinski definition) is 4. The molecule has 21 heavy (non-hydrogen) atoms. The summed E-state index contributed by atoms with van der Waals surface area (Å²) >= 11 is 0. The van der Waals surface area contributed by atoms with Gasteiger partial charge >= 0.3 is 5.69 Å². The zero-order chi connectivity index (χ0) is 15.6. The summed E-state index contributed by atoms with van der Waals surface area (Å²) in [6.07, 6.45) is 1.25. The second-order valence-corrected chi connectivity index (χ2v) is 4.75. The molecule has 6 nitrogen and oxygen atoms in total. The lowest BCUT2D eigenvalue weighted by Crippen LogP contribution is -2.51. The van der Waals surface area contributed by atoms with Gasteiger partial charge in [0.25, 0.3) is 0 Å². The van der Waals surface area contributed by atoms with Crippen molar-refractivity contribution >= 4 is 17.3 Å². The van der Waals surface area contributed by atoms with Crippen LogP contribution in [-0.2, 0) is 4.79 Å². The van der Waals surface area contributed by atoms with Gasteiger partial charge in [0.15, 0.2) is 0 Å².